The molecule has 1 atom stereocenters. The monoisotopic (exact) mass is 296 g/mol. The molecule has 5 heteroatoms. The van der Waals surface area contributed by atoms with E-state index in [0.717, 1.165) is 19.5 Å². The Balaban J connectivity index is 1.93. The van der Waals surface area contributed by atoms with Crippen LogP contribution in [0.3, 0.4) is 0 Å². The highest BCUT2D eigenvalue weighted by atomic mass is 35.5. The number of rotatable bonds is 4. The quantitative estimate of drug-likeness (QED) is 0.922. The molecule has 1 aliphatic rings. The number of carbonyl (C=O) groups excluding carboxylic acids is 1. The van der Waals surface area contributed by atoms with Crippen LogP contribution in [0.4, 0.5) is 0 Å². The molecule has 20 heavy (non-hydrogen) atoms. The normalized spacial score (nSPS) is 18.1. The molecule has 0 spiro atoms. The first kappa shape index (κ1) is 15.3. The van der Waals surface area contributed by atoms with Crippen molar-refractivity contribution in [2.24, 2.45) is 0 Å². The largest absolute Gasteiger partial charge is 0.395 e. The number of benzene rings is 1. The lowest BCUT2D eigenvalue weighted by molar-refractivity contribution is 0.0472. The molecule has 0 saturated carbocycles. The molecule has 110 valence electrons. The van der Waals surface area contributed by atoms with Gasteiger partial charge in [0.05, 0.1) is 6.61 Å². The predicted octanol–water partition coefficient (Wildman–Crippen LogP) is 1.87. The fourth-order valence-electron chi connectivity index (χ4n) is 2.57. The second kappa shape index (κ2) is 7.07. The van der Waals surface area contributed by atoms with Gasteiger partial charge in [-0.2, -0.15) is 0 Å². The number of nitrogens with zero attached hydrogens (tertiary/aromatic N) is 2. The van der Waals surface area contributed by atoms with E-state index in [1.807, 2.05) is 4.90 Å². The Morgan fingerprint density at radius 3 is 2.35 bits per heavy atom. The van der Waals surface area contributed by atoms with E-state index in [2.05, 4.69) is 11.8 Å². The smallest absolute Gasteiger partial charge is 0.253 e. The van der Waals surface area contributed by atoms with Gasteiger partial charge in [-0.25, -0.2) is 0 Å². The van der Waals surface area contributed by atoms with E-state index >= 15 is 0 Å². The third-order valence-corrected chi connectivity index (χ3v) is 4.14. The average molecular weight is 297 g/mol. The first-order valence-corrected chi connectivity index (χ1v) is 7.43. The van der Waals surface area contributed by atoms with Crippen molar-refractivity contribution in [1.82, 2.24) is 9.80 Å². The molecule has 1 unspecified atom stereocenters. The molecule has 2 rings (SSSR count). The Bertz CT molecular complexity index is 438. The summed E-state index contributed by atoms with van der Waals surface area (Å²) in [7, 11) is 0. The van der Waals surface area contributed by atoms with Crippen molar-refractivity contribution < 1.29 is 9.90 Å². The summed E-state index contributed by atoms with van der Waals surface area (Å²) in [4.78, 5) is 16.5. The lowest BCUT2D eigenvalue weighted by Crippen LogP contribution is -2.52. The molecule has 4 nitrogen and oxygen atoms in total. The van der Waals surface area contributed by atoms with Crippen molar-refractivity contribution in [2.75, 3.05) is 32.8 Å². The summed E-state index contributed by atoms with van der Waals surface area (Å²) in [5.74, 6) is 0.0540. The Morgan fingerprint density at radius 1 is 1.25 bits per heavy atom. The van der Waals surface area contributed by atoms with Crippen molar-refractivity contribution in [2.45, 2.75) is 19.4 Å². The molecule has 1 fully saturated rings. The number of aliphatic hydroxyl groups is 1. The van der Waals surface area contributed by atoms with Gasteiger partial charge in [-0.15, -0.1) is 0 Å². The Labute approximate surface area is 124 Å². The minimum absolute atomic E-state index is 0.0540. The highest BCUT2D eigenvalue weighted by molar-refractivity contribution is 6.30. The second-order valence-electron chi connectivity index (χ2n) is 5.08. The van der Waals surface area contributed by atoms with E-state index in [-0.39, 0.29) is 18.6 Å². The van der Waals surface area contributed by atoms with Gasteiger partial charge >= 0.3 is 0 Å². The zero-order chi connectivity index (χ0) is 14.5. The van der Waals surface area contributed by atoms with Crippen LogP contribution in [0.1, 0.15) is 23.7 Å². The van der Waals surface area contributed by atoms with Gasteiger partial charge in [0.2, 0.25) is 0 Å². The van der Waals surface area contributed by atoms with Crippen LogP contribution in [-0.4, -0.2) is 59.6 Å². The van der Waals surface area contributed by atoms with Crippen molar-refractivity contribution >= 4 is 17.5 Å². The fraction of sp³-hybridized carbons (Fsp3) is 0.533. The van der Waals surface area contributed by atoms with Crippen molar-refractivity contribution in [3.8, 4) is 0 Å². The third-order valence-electron chi connectivity index (χ3n) is 3.89. The van der Waals surface area contributed by atoms with Crippen LogP contribution in [0.2, 0.25) is 5.02 Å². The van der Waals surface area contributed by atoms with Crippen molar-refractivity contribution in [3.63, 3.8) is 0 Å². The number of halogens is 1. The molecule has 1 amide bonds. The summed E-state index contributed by atoms with van der Waals surface area (Å²) in [6.07, 6.45) is 0.932. The average Bonchev–Trinajstić information content (AvgIpc) is 2.49. The Morgan fingerprint density at radius 2 is 1.85 bits per heavy atom. The number of aliphatic hydroxyl groups excluding tert-OH is 1. The molecule has 1 aliphatic heterocycles. The molecule has 1 heterocycles. The molecule has 0 aliphatic carbocycles. The first-order chi connectivity index (χ1) is 9.65. The zero-order valence-electron chi connectivity index (χ0n) is 11.8. The molecule has 1 aromatic carbocycles. The van der Waals surface area contributed by atoms with Crippen molar-refractivity contribution in [1.29, 1.82) is 0 Å². The molecular formula is C15H21ClN2O2. The topological polar surface area (TPSA) is 43.8 Å². The van der Waals surface area contributed by atoms with E-state index in [9.17, 15) is 9.90 Å². The number of hydrogen-bond donors (Lipinski definition) is 1. The van der Waals surface area contributed by atoms with Gasteiger partial charge in [0, 0.05) is 42.8 Å². The summed E-state index contributed by atoms with van der Waals surface area (Å²) in [5.41, 5.74) is 0.678. The first-order valence-electron chi connectivity index (χ1n) is 7.05. The van der Waals surface area contributed by atoms with Crippen LogP contribution in [0.25, 0.3) is 0 Å². The summed E-state index contributed by atoms with van der Waals surface area (Å²) >= 11 is 5.83. The van der Waals surface area contributed by atoms with Crippen LogP contribution in [0.5, 0.6) is 0 Å². The Hall–Kier alpha value is -1.10. The van der Waals surface area contributed by atoms with Crippen LogP contribution in [0.15, 0.2) is 24.3 Å². The standard InChI is InChI=1S/C15H21ClN2O2/c1-2-14(11-19)17-7-9-18(10-8-17)15(20)12-3-5-13(16)6-4-12/h3-6,14,19H,2,7-11H2,1H3. The summed E-state index contributed by atoms with van der Waals surface area (Å²) in [6.45, 7) is 5.31. The summed E-state index contributed by atoms with van der Waals surface area (Å²) < 4.78 is 0. The molecule has 1 aromatic rings. The maximum atomic E-state index is 12.3. The van der Waals surface area contributed by atoms with Gasteiger partial charge in [-0.1, -0.05) is 18.5 Å². The van der Waals surface area contributed by atoms with E-state index in [1.54, 1.807) is 24.3 Å². The van der Waals surface area contributed by atoms with E-state index in [0.29, 0.717) is 23.7 Å². The lowest BCUT2D eigenvalue weighted by Gasteiger charge is -2.38. The lowest BCUT2D eigenvalue weighted by atomic mass is 10.1. The summed E-state index contributed by atoms with van der Waals surface area (Å²) in [6, 6.07) is 7.22. The van der Waals surface area contributed by atoms with E-state index in [1.165, 1.54) is 0 Å². The number of carbonyl (C=O) groups is 1. The van der Waals surface area contributed by atoms with E-state index < -0.39 is 0 Å². The molecule has 0 bridgehead atoms. The van der Waals surface area contributed by atoms with Crippen LogP contribution >= 0.6 is 11.6 Å². The predicted molar refractivity (Wildman–Crippen MR) is 80.1 cm³/mol. The molecule has 0 radical (unpaired) electrons. The van der Waals surface area contributed by atoms with Crippen molar-refractivity contribution in [3.05, 3.63) is 34.9 Å². The fourth-order valence-corrected chi connectivity index (χ4v) is 2.69. The van der Waals surface area contributed by atoms with Gasteiger partial charge in [0.15, 0.2) is 0 Å². The number of amides is 1. The highest BCUT2D eigenvalue weighted by Gasteiger charge is 2.25. The van der Waals surface area contributed by atoms with Crippen LogP contribution in [0, 0.1) is 0 Å². The molecule has 0 aromatic heterocycles. The highest BCUT2D eigenvalue weighted by Crippen LogP contribution is 2.14. The van der Waals surface area contributed by atoms with Crippen LogP contribution < -0.4 is 0 Å². The maximum Gasteiger partial charge on any atom is 0.253 e. The molecular weight excluding hydrogens is 276 g/mol. The van der Waals surface area contributed by atoms with Gasteiger partial charge in [0.1, 0.15) is 0 Å². The Kier molecular flexibility index (Phi) is 5.40. The van der Waals surface area contributed by atoms with E-state index in [4.69, 9.17) is 11.6 Å². The number of piperazine rings is 1. The second-order valence-corrected chi connectivity index (χ2v) is 5.52. The molecule has 1 saturated heterocycles. The zero-order valence-corrected chi connectivity index (χ0v) is 12.5. The van der Waals surface area contributed by atoms with Gasteiger partial charge < -0.3 is 10.0 Å². The minimum atomic E-state index is 0.0540. The summed E-state index contributed by atoms with van der Waals surface area (Å²) in [5, 5.41) is 9.96. The van der Waals surface area contributed by atoms with Gasteiger partial charge in [-0.3, -0.25) is 9.69 Å². The SMILES string of the molecule is CCC(CO)N1CCN(C(=O)c2ccc(Cl)cc2)CC1. The molecule has 1 N–H and O–H groups in total. The van der Waals surface area contributed by atoms with Crippen LogP contribution in [-0.2, 0) is 0 Å². The maximum absolute atomic E-state index is 12.3. The number of hydrogen-bond acceptors (Lipinski definition) is 3. The third kappa shape index (κ3) is 3.51. The minimum Gasteiger partial charge on any atom is -0.395 e. The van der Waals surface area contributed by atoms with Gasteiger partial charge in [-0.05, 0) is 30.7 Å². The van der Waals surface area contributed by atoms with Gasteiger partial charge in [0.25, 0.3) is 5.91 Å².